The second-order valence-corrected chi connectivity index (χ2v) is 8.81. The first-order chi connectivity index (χ1) is 16.4. The Labute approximate surface area is 201 Å². The maximum absolute atomic E-state index is 12.7. The van der Waals surface area contributed by atoms with Crippen LogP contribution in [0.25, 0.3) is 0 Å². The first-order valence-corrected chi connectivity index (χ1v) is 11.6. The number of nitrogens with one attached hydrogen (secondary N) is 1. The van der Waals surface area contributed by atoms with Crippen LogP contribution in [0, 0.1) is 0 Å². The van der Waals surface area contributed by atoms with Gasteiger partial charge in [-0.25, -0.2) is 0 Å². The van der Waals surface area contributed by atoms with Crippen molar-refractivity contribution in [1.82, 2.24) is 10.2 Å². The van der Waals surface area contributed by atoms with Crippen molar-refractivity contribution < 1.29 is 20.1 Å². The topological polar surface area (TPSA) is 93.0 Å². The van der Waals surface area contributed by atoms with Crippen molar-refractivity contribution in [2.45, 2.75) is 45.1 Å². The number of rotatable bonds is 11. The summed E-state index contributed by atoms with van der Waals surface area (Å²) in [6.07, 6.45) is 0.357. The molecule has 0 aliphatic heterocycles. The van der Waals surface area contributed by atoms with E-state index in [2.05, 4.69) is 11.4 Å². The molecule has 2 atom stereocenters. The van der Waals surface area contributed by atoms with Gasteiger partial charge in [-0.15, -0.1) is 0 Å². The van der Waals surface area contributed by atoms with Gasteiger partial charge in [-0.1, -0.05) is 60.7 Å². The third-order valence-electron chi connectivity index (χ3n) is 5.90. The summed E-state index contributed by atoms with van der Waals surface area (Å²) in [5, 5.41) is 32.8. The Morgan fingerprint density at radius 3 is 2.41 bits per heavy atom. The number of aliphatic hydroxyl groups excluding tert-OH is 2. The van der Waals surface area contributed by atoms with Crippen molar-refractivity contribution in [2.75, 3.05) is 13.6 Å². The van der Waals surface area contributed by atoms with E-state index < -0.39 is 6.10 Å². The van der Waals surface area contributed by atoms with Crippen LogP contribution in [-0.4, -0.2) is 45.8 Å². The molecule has 180 valence electrons. The molecular weight excluding hydrogens is 428 g/mol. The minimum absolute atomic E-state index is 0.0180. The van der Waals surface area contributed by atoms with Crippen molar-refractivity contribution in [3.8, 4) is 5.75 Å². The van der Waals surface area contributed by atoms with E-state index in [1.165, 1.54) is 6.07 Å². The molecule has 3 aromatic carbocycles. The first kappa shape index (κ1) is 25.4. The molecule has 6 nitrogen and oxygen atoms in total. The minimum Gasteiger partial charge on any atom is -0.508 e. The lowest BCUT2D eigenvalue weighted by Crippen LogP contribution is -2.32. The van der Waals surface area contributed by atoms with Gasteiger partial charge >= 0.3 is 0 Å². The molecule has 3 aromatic rings. The number of benzene rings is 3. The van der Waals surface area contributed by atoms with Crippen LogP contribution in [0.3, 0.4) is 0 Å². The molecule has 6 heteroatoms. The van der Waals surface area contributed by atoms with Crippen molar-refractivity contribution in [2.24, 2.45) is 0 Å². The Balaban J connectivity index is 1.50. The van der Waals surface area contributed by atoms with E-state index in [4.69, 9.17) is 0 Å². The fourth-order valence-corrected chi connectivity index (χ4v) is 3.92. The number of phenols is 1. The Kier molecular flexibility index (Phi) is 9.22. The molecule has 34 heavy (non-hydrogen) atoms. The summed E-state index contributed by atoms with van der Waals surface area (Å²) in [7, 11) is 1.83. The normalized spacial score (nSPS) is 12.8. The van der Waals surface area contributed by atoms with Crippen LogP contribution in [0.2, 0.25) is 0 Å². The molecule has 0 fully saturated rings. The monoisotopic (exact) mass is 462 g/mol. The molecular formula is C28H34N2O4. The molecule has 0 aliphatic carbocycles. The molecule has 0 heterocycles. The minimum atomic E-state index is -0.752. The second kappa shape index (κ2) is 12.3. The van der Waals surface area contributed by atoms with E-state index in [9.17, 15) is 20.1 Å². The van der Waals surface area contributed by atoms with Crippen LogP contribution >= 0.6 is 0 Å². The Bertz CT molecular complexity index is 1070. The van der Waals surface area contributed by atoms with Crippen molar-refractivity contribution in [3.63, 3.8) is 0 Å². The smallest absolute Gasteiger partial charge is 0.227 e. The molecule has 0 aromatic heterocycles. The van der Waals surface area contributed by atoms with Crippen LogP contribution in [0.5, 0.6) is 5.75 Å². The standard InChI is InChI=1S/C28H34N2O4/c1-20(29-17-27(33)24-11-12-26(32)25(16-24)19-31)13-22-9-6-10-23(14-22)15-28(34)30(2)18-21-7-4-3-5-8-21/h3-12,14,16,20,27,29,31-33H,13,15,17-19H2,1-2H3/t20-,27+/m1/s1. The lowest BCUT2D eigenvalue weighted by atomic mass is 10.0. The van der Waals surface area contributed by atoms with E-state index in [-0.39, 0.29) is 24.3 Å². The number of nitrogens with zero attached hydrogens (tertiary/aromatic N) is 1. The highest BCUT2D eigenvalue weighted by Gasteiger charge is 2.14. The maximum atomic E-state index is 12.7. The number of hydrogen-bond donors (Lipinski definition) is 4. The largest absolute Gasteiger partial charge is 0.508 e. The number of likely N-dealkylation sites (N-methyl/N-ethyl adjacent to an activating group) is 1. The van der Waals surface area contributed by atoms with E-state index in [0.29, 0.717) is 30.6 Å². The summed E-state index contributed by atoms with van der Waals surface area (Å²) >= 11 is 0. The lowest BCUT2D eigenvalue weighted by molar-refractivity contribution is -0.129. The molecule has 0 unspecified atom stereocenters. The molecule has 3 rings (SSSR count). The number of carbonyl (C=O) groups is 1. The molecule has 4 N–H and O–H groups in total. The Hall–Kier alpha value is -3.19. The Morgan fingerprint density at radius 1 is 0.971 bits per heavy atom. The van der Waals surface area contributed by atoms with Gasteiger partial charge in [0.2, 0.25) is 5.91 Å². The molecule has 0 spiro atoms. The van der Waals surface area contributed by atoms with Gasteiger partial charge in [0.25, 0.3) is 0 Å². The SMILES string of the molecule is C[C@H](Cc1cccc(CC(=O)N(C)Cc2ccccc2)c1)NC[C@H](O)c1ccc(O)c(CO)c1. The van der Waals surface area contributed by atoms with E-state index in [1.54, 1.807) is 17.0 Å². The quantitative estimate of drug-likeness (QED) is 0.351. The van der Waals surface area contributed by atoms with Gasteiger partial charge in [-0.3, -0.25) is 4.79 Å². The summed E-state index contributed by atoms with van der Waals surface area (Å²) in [6, 6.07) is 22.9. The zero-order valence-corrected chi connectivity index (χ0v) is 19.8. The van der Waals surface area contributed by atoms with Crippen LogP contribution in [-0.2, 0) is 30.8 Å². The summed E-state index contributed by atoms with van der Waals surface area (Å²) in [5.41, 5.74) is 4.24. The van der Waals surface area contributed by atoms with E-state index >= 15 is 0 Å². The van der Waals surface area contributed by atoms with Crippen molar-refractivity contribution in [1.29, 1.82) is 0 Å². The van der Waals surface area contributed by atoms with Gasteiger partial charge in [-0.05, 0) is 47.7 Å². The lowest BCUT2D eigenvalue weighted by Gasteiger charge is -2.19. The summed E-state index contributed by atoms with van der Waals surface area (Å²) < 4.78 is 0. The van der Waals surface area contributed by atoms with E-state index in [1.807, 2.05) is 62.5 Å². The van der Waals surface area contributed by atoms with Crippen molar-refractivity contribution in [3.05, 3.63) is 101 Å². The van der Waals surface area contributed by atoms with Gasteiger partial charge in [0.05, 0.1) is 19.1 Å². The summed E-state index contributed by atoms with van der Waals surface area (Å²) in [4.78, 5) is 14.4. The summed E-state index contributed by atoms with van der Waals surface area (Å²) in [6.45, 7) is 2.70. The molecule has 0 saturated carbocycles. The average Bonchev–Trinajstić information content (AvgIpc) is 2.83. The van der Waals surface area contributed by atoms with Crippen molar-refractivity contribution >= 4 is 5.91 Å². The van der Waals surface area contributed by atoms with Gasteiger partial charge in [0.1, 0.15) is 5.75 Å². The van der Waals surface area contributed by atoms with Crippen LogP contribution in [0.4, 0.5) is 0 Å². The van der Waals surface area contributed by atoms with Gasteiger partial charge in [0, 0.05) is 31.7 Å². The molecule has 0 saturated heterocycles. The highest BCUT2D eigenvalue weighted by Crippen LogP contribution is 2.22. The molecule has 0 aliphatic rings. The fourth-order valence-electron chi connectivity index (χ4n) is 3.92. The van der Waals surface area contributed by atoms with E-state index in [0.717, 1.165) is 23.1 Å². The first-order valence-electron chi connectivity index (χ1n) is 11.6. The zero-order chi connectivity index (χ0) is 24.5. The average molecular weight is 463 g/mol. The van der Waals surface area contributed by atoms with Crippen LogP contribution in [0.1, 0.15) is 40.8 Å². The molecule has 0 bridgehead atoms. The number of hydrogen-bond acceptors (Lipinski definition) is 5. The maximum Gasteiger partial charge on any atom is 0.227 e. The van der Waals surface area contributed by atoms with Gasteiger partial charge < -0.3 is 25.5 Å². The third-order valence-corrected chi connectivity index (χ3v) is 5.90. The second-order valence-electron chi connectivity index (χ2n) is 8.81. The number of aliphatic hydroxyl groups is 2. The highest BCUT2D eigenvalue weighted by atomic mass is 16.3. The number of amides is 1. The number of carbonyl (C=O) groups excluding carboxylic acids is 1. The predicted molar refractivity (Wildman–Crippen MR) is 133 cm³/mol. The number of aromatic hydroxyl groups is 1. The van der Waals surface area contributed by atoms with Gasteiger partial charge in [0.15, 0.2) is 0 Å². The van der Waals surface area contributed by atoms with Crippen LogP contribution in [0.15, 0.2) is 72.8 Å². The third kappa shape index (κ3) is 7.42. The zero-order valence-electron chi connectivity index (χ0n) is 19.8. The molecule has 0 radical (unpaired) electrons. The van der Waals surface area contributed by atoms with Gasteiger partial charge in [-0.2, -0.15) is 0 Å². The Morgan fingerprint density at radius 2 is 1.68 bits per heavy atom. The predicted octanol–water partition coefficient (Wildman–Crippen LogP) is 3.34. The van der Waals surface area contributed by atoms with Crippen LogP contribution < -0.4 is 5.32 Å². The summed E-state index contributed by atoms with van der Waals surface area (Å²) in [5.74, 6) is 0.0934. The highest BCUT2D eigenvalue weighted by molar-refractivity contribution is 5.78. The molecule has 1 amide bonds. The fraction of sp³-hybridized carbons (Fsp3) is 0.321.